The van der Waals surface area contributed by atoms with Gasteiger partial charge in [-0.05, 0) is 72.2 Å². The van der Waals surface area contributed by atoms with Crippen LogP contribution in [0.15, 0.2) is 48.8 Å². The highest BCUT2D eigenvalue weighted by Crippen LogP contribution is 2.25. The third kappa shape index (κ3) is 6.86. The maximum absolute atomic E-state index is 14.9. The normalized spacial score (nSPS) is 14.1. The number of nitrogens with one attached hydrogen (secondary N) is 3. The van der Waals surface area contributed by atoms with Crippen molar-refractivity contribution in [2.24, 2.45) is 0 Å². The fourth-order valence-corrected chi connectivity index (χ4v) is 4.94. The Morgan fingerprint density at radius 3 is 2.63 bits per heavy atom. The van der Waals surface area contributed by atoms with Crippen molar-refractivity contribution in [2.75, 3.05) is 18.4 Å². The summed E-state index contributed by atoms with van der Waals surface area (Å²) in [6.45, 7) is 1.12. The summed E-state index contributed by atoms with van der Waals surface area (Å²) < 4.78 is 16.1. The van der Waals surface area contributed by atoms with Gasteiger partial charge in [0.1, 0.15) is 18.1 Å². The quantitative estimate of drug-likeness (QED) is 0.209. The maximum atomic E-state index is 14.9. The van der Waals surface area contributed by atoms with Gasteiger partial charge >= 0.3 is 5.97 Å². The number of aromatic nitrogens is 5. The van der Waals surface area contributed by atoms with Gasteiger partial charge in [-0.15, -0.1) is 5.10 Å². The highest BCUT2D eigenvalue weighted by atomic mass is 35.5. The highest BCUT2D eigenvalue weighted by Gasteiger charge is 2.27. The summed E-state index contributed by atoms with van der Waals surface area (Å²) in [7, 11) is 0. The van der Waals surface area contributed by atoms with Gasteiger partial charge in [-0.3, -0.25) is 14.4 Å². The number of anilines is 1. The molecular weight excluding hydrogens is 583 g/mol. The molecule has 0 aliphatic carbocycles. The first kappa shape index (κ1) is 29.4. The number of H-pyrrole nitrogens is 1. The zero-order chi connectivity index (χ0) is 30.5. The first-order valence-corrected chi connectivity index (χ1v) is 13.7. The second-order valence-electron chi connectivity index (χ2n) is 9.87. The van der Waals surface area contributed by atoms with Crippen molar-refractivity contribution < 1.29 is 28.7 Å². The summed E-state index contributed by atoms with van der Waals surface area (Å²) in [5.41, 5.74) is 1.03. The van der Waals surface area contributed by atoms with Crippen LogP contribution in [0.3, 0.4) is 0 Å². The molecule has 43 heavy (non-hydrogen) atoms. The third-order valence-electron chi connectivity index (χ3n) is 6.95. The molecule has 0 radical (unpaired) electrons. The zero-order valence-corrected chi connectivity index (χ0v) is 23.3. The minimum absolute atomic E-state index is 0.0121. The Bertz CT molecular complexity index is 1720. The minimum Gasteiger partial charge on any atom is -0.477 e. The minimum atomic E-state index is -1.27. The molecular formula is C28H26ClFN8O5. The first-order valence-electron chi connectivity index (χ1n) is 13.3. The van der Waals surface area contributed by atoms with E-state index in [0.29, 0.717) is 29.7 Å². The van der Waals surface area contributed by atoms with Crippen molar-refractivity contribution in [3.05, 3.63) is 70.9 Å². The number of hydrogen-bond donors (Lipinski definition) is 4. The van der Waals surface area contributed by atoms with E-state index in [1.807, 2.05) is 0 Å². The number of aromatic amines is 1. The van der Waals surface area contributed by atoms with E-state index < -0.39 is 29.6 Å². The molecule has 222 valence electrons. The Hall–Kier alpha value is -5.11. The first-order chi connectivity index (χ1) is 20.7. The molecule has 15 heteroatoms. The SMILES string of the molecule is O=C(/C=C/c1c(-n2cnnn2)ccc(Cl)c1F)N[C@@H](CC(=O)N1CCCCC1)C(=O)Nc1ccc2[nH]c(C(=O)O)cc2c1. The number of hydrogen-bond acceptors (Lipinski definition) is 7. The molecule has 1 atom stereocenters. The number of carboxylic acid groups (broad SMARTS) is 1. The van der Waals surface area contributed by atoms with Crippen LogP contribution < -0.4 is 10.6 Å². The standard InChI is InChI=1S/C28H26ClFN8O5/c29-19-6-8-23(38-15-31-35-36-38)18(26(19)30)5-9-24(39)34-21(14-25(40)37-10-2-1-3-11-37)27(41)32-17-4-7-20-16(12-17)13-22(33-20)28(42)43/h4-9,12-13,15,21,33H,1-3,10-11,14H2,(H,32,41)(H,34,39)(H,42,43)/b9-5+/t21-/m0/s1. The fraction of sp³-hybridized carbons (Fsp3) is 0.250. The van der Waals surface area contributed by atoms with E-state index in [1.54, 1.807) is 23.1 Å². The number of benzene rings is 2. The van der Waals surface area contributed by atoms with Crippen LogP contribution in [0.2, 0.25) is 5.02 Å². The second-order valence-corrected chi connectivity index (χ2v) is 10.3. The number of likely N-dealkylation sites (tertiary alicyclic amines) is 1. The van der Waals surface area contributed by atoms with Crippen LogP contribution in [0, 0.1) is 5.82 Å². The van der Waals surface area contributed by atoms with E-state index in [0.717, 1.165) is 25.3 Å². The summed E-state index contributed by atoms with van der Waals surface area (Å²) in [6, 6.07) is 7.70. The molecule has 3 heterocycles. The van der Waals surface area contributed by atoms with Crippen molar-refractivity contribution in [2.45, 2.75) is 31.7 Å². The van der Waals surface area contributed by atoms with Gasteiger partial charge in [-0.1, -0.05) is 11.6 Å². The average molecular weight is 609 g/mol. The second kappa shape index (κ2) is 12.8. The van der Waals surface area contributed by atoms with Crippen molar-refractivity contribution in [1.82, 2.24) is 35.4 Å². The summed E-state index contributed by atoms with van der Waals surface area (Å²) >= 11 is 5.95. The molecule has 2 aromatic heterocycles. The topological polar surface area (TPSA) is 175 Å². The summed E-state index contributed by atoms with van der Waals surface area (Å²) in [5, 5.41) is 25.7. The molecule has 0 saturated carbocycles. The molecule has 0 bridgehead atoms. The predicted molar refractivity (Wildman–Crippen MR) is 154 cm³/mol. The Balaban J connectivity index is 1.36. The molecule has 1 fully saturated rings. The number of rotatable bonds is 9. The van der Waals surface area contributed by atoms with E-state index in [2.05, 4.69) is 31.1 Å². The lowest BCUT2D eigenvalue weighted by Gasteiger charge is -2.28. The van der Waals surface area contributed by atoms with Gasteiger partial charge in [0.25, 0.3) is 0 Å². The molecule has 3 amide bonds. The molecule has 1 aliphatic rings. The van der Waals surface area contributed by atoms with Crippen molar-refractivity contribution in [1.29, 1.82) is 0 Å². The van der Waals surface area contributed by atoms with Gasteiger partial charge in [0, 0.05) is 41.3 Å². The third-order valence-corrected chi connectivity index (χ3v) is 7.24. The molecule has 2 aromatic carbocycles. The summed E-state index contributed by atoms with van der Waals surface area (Å²) in [4.78, 5) is 55.2. The van der Waals surface area contributed by atoms with Crippen LogP contribution in [0.5, 0.6) is 0 Å². The number of carbonyl (C=O) groups excluding carboxylic acids is 3. The van der Waals surface area contributed by atoms with Crippen molar-refractivity contribution in [3.63, 3.8) is 0 Å². The lowest BCUT2D eigenvalue weighted by atomic mass is 10.1. The van der Waals surface area contributed by atoms with Gasteiger partial charge in [0.05, 0.1) is 17.1 Å². The number of piperidine rings is 1. The number of aromatic carboxylic acids is 1. The largest absolute Gasteiger partial charge is 0.477 e. The summed E-state index contributed by atoms with van der Waals surface area (Å²) in [5.74, 6) is -3.65. The van der Waals surface area contributed by atoms with Crippen LogP contribution in [-0.2, 0) is 14.4 Å². The number of fused-ring (bicyclic) bond motifs is 1. The number of halogens is 2. The van der Waals surface area contributed by atoms with Crippen molar-refractivity contribution >= 4 is 58.0 Å². The Morgan fingerprint density at radius 1 is 1.12 bits per heavy atom. The van der Waals surface area contributed by atoms with Gasteiger partial charge in [-0.2, -0.15) is 4.68 Å². The number of nitrogens with zero attached hydrogens (tertiary/aromatic N) is 5. The van der Waals surface area contributed by atoms with Gasteiger partial charge in [0.15, 0.2) is 5.82 Å². The number of tetrazole rings is 1. The number of carboxylic acids is 1. The Labute approximate surface area is 248 Å². The van der Waals surface area contributed by atoms with Gasteiger partial charge in [0.2, 0.25) is 17.7 Å². The molecule has 5 rings (SSSR count). The average Bonchev–Trinajstić information content (AvgIpc) is 3.68. The van der Waals surface area contributed by atoms with E-state index in [-0.39, 0.29) is 34.3 Å². The van der Waals surface area contributed by atoms with E-state index in [4.69, 9.17) is 11.6 Å². The molecule has 1 aliphatic heterocycles. The molecule has 4 N–H and O–H groups in total. The number of amides is 3. The molecule has 4 aromatic rings. The van der Waals surface area contributed by atoms with E-state index in [1.165, 1.54) is 35.3 Å². The van der Waals surface area contributed by atoms with Crippen LogP contribution >= 0.6 is 11.6 Å². The smallest absolute Gasteiger partial charge is 0.352 e. The van der Waals surface area contributed by atoms with Crippen LogP contribution in [-0.4, -0.2) is 78.0 Å². The number of carbonyl (C=O) groups is 4. The van der Waals surface area contributed by atoms with Crippen LogP contribution in [0.1, 0.15) is 41.7 Å². The fourth-order valence-electron chi connectivity index (χ4n) is 4.78. The lowest BCUT2D eigenvalue weighted by molar-refractivity contribution is -0.135. The predicted octanol–water partition coefficient (Wildman–Crippen LogP) is 3.17. The monoisotopic (exact) mass is 608 g/mol. The highest BCUT2D eigenvalue weighted by molar-refractivity contribution is 6.31. The van der Waals surface area contributed by atoms with Gasteiger partial charge < -0.3 is 25.6 Å². The van der Waals surface area contributed by atoms with E-state index in [9.17, 15) is 28.7 Å². The van der Waals surface area contributed by atoms with Crippen LogP contribution in [0.25, 0.3) is 22.7 Å². The Kier molecular flexibility index (Phi) is 8.76. The molecule has 13 nitrogen and oxygen atoms in total. The lowest BCUT2D eigenvalue weighted by Crippen LogP contribution is -2.47. The maximum Gasteiger partial charge on any atom is 0.352 e. The van der Waals surface area contributed by atoms with Gasteiger partial charge in [-0.25, -0.2) is 9.18 Å². The summed E-state index contributed by atoms with van der Waals surface area (Å²) in [6.07, 6.45) is 5.85. The molecule has 0 unspecified atom stereocenters. The Morgan fingerprint density at radius 2 is 1.91 bits per heavy atom. The van der Waals surface area contributed by atoms with Crippen molar-refractivity contribution in [3.8, 4) is 5.69 Å². The van der Waals surface area contributed by atoms with E-state index >= 15 is 0 Å². The van der Waals surface area contributed by atoms with Crippen LogP contribution in [0.4, 0.5) is 10.1 Å². The zero-order valence-electron chi connectivity index (χ0n) is 22.6. The molecule has 0 spiro atoms. The molecule has 1 saturated heterocycles.